The van der Waals surface area contributed by atoms with Crippen molar-refractivity contribution in [3.05, 3.63) is 35.9 Å². The van der Waals surface area contributed by atoms with Gasteiger partial charge in [-0.1, -0.05) is 30.3 Å². The fourth-order valence-corrected chi connectivity index (χ4v) is 2.28. The Kier molecular flexibility index (Phi) is 5.98. The van der Waals surface area contributed by atoms with Crippen LogP contribution in [0.15, 0.2) is 30.3 Å². The van der Waals surface area contributed by atoms with Gasteiger partial charge in [-0.25, -0.2) is 0 Å². The monoisotopic (exact) mass is 278 g/mol. The normalized spacial score (nSPS) is 22.4. The minimum absolute atomic E-state index is 0.184. The quantitative estimate of drug-likeness (QED) is 0.653. The van der Waals surface area contributed by atoms with Crippen LogP contribution in [0.3, 0.4) is 0 Å². The molecular weight excluding hydrogens is 256 g/mol. The van der Waals surface area contributed by atoms with Gasteiger partial charge in [0.25, 0.3) is 0 Å². The summed E-state index contributed by atoms with van der Waals surface area (Å²) < 4.78 is 5.17. The molecule has 20 heavy (non-hydrogen) atoms. The number of rotatable bonds is 6. The molecule has 2 atom stereocenters. The molecule has 0 saturated carbocycles. The number of ether oxygens (including phenoxy) is 1. The van der Waals surface area contributed by atoms with Gasteiger partial charge < -0.3 is 20.5 Å². The number of β-amino-alcohol motifs (C(OH)–C–C–N with tert-alkyl or cyclic N) is 1. The lowest BCUT2D eigenvalue weighted by Gasteiger charge is -2.28. The molecule has 110 valence electrons. The van der Waals surface area contributed by atoms with Crippen molar-refractivity contribution in [3.8, 4) is 0 Å². The highest BCUT2D eigenvalue weighted by atomic mass is 16.5. The highest BCUT2D eigenvalue weighted by molar-refractivity contribution is 5.71. The number of esters is 1. The number of aliphatic hydroxyl groups excluding tert-OH is 1. The molecule has 5 heteroatoms. The van der Waals surface area contributed by atoms with E-state index in [-0.39, 0.29) is 24.5 Å². The summed E-state index contributed by atoms with van der Waals surface area (Å²) in [6.45, 7) is 2.68. The average Bonchev–Trinajstić information content (AvgIpc) is 2.48. The van der Waals surface area contributed by atoms with Gasteiger partial charge in [-0.3, -0.25) is 4.79 Å². The molecule has 1 aliphatic heterocycles. The Morgan fingerprint density at radius 3 is 2.95 bits per heavy atom. The van der Waals surface area contributed by atoms with Gasteiger partial charge in [0, 0.05) is 13.1 Å². The van der Waals surface area contributed by atoms with Gasteiger partial charge in [0.15, 0.2) is 0 Å². The molecular formula is C15H22N2O3. The molecule has 5 nitrogen and oxygen atoms in total. The van der Waals surface area contributed by atoms with Gasteiger partial charge in [0.05, 0.1) is 12.6 Å². The molecule has 0 bridgehead atoms. The maximum absolute atomic E-state index is 11.6. The third-order valence-electron chi connectivity index (χ3n) is 3.51. The van der Waals surface area contributed by atoms with Crippen molar-refractivity contribution in [1.29, 1.82) is 0 Å². The summed E-state index contributed by atoms with van der Waals surface area (Å²) in [7, 11) is 0. The first kappa shape index (κ1) is 15.0. The highest BCUT2D eigenvalue weighted by Crippen LogP contribution is 2.10. The van der Waals surface area contributed by atoms with Crippen LogP contribution in [0.4, 0.5) is 0 Å². The van der Waals surface area contributed by atoms with Crippen LogP contribution in [-0.4, -0.2) is 43.4 Å². The Bertz CT molecular complexity index is 411. The molecule has 0 spiro atoms. The van der Waals surface area contributed by atoms with Gasteiger partial charge in [0.2, 0.25) is 0 Å². The molecule has 1 fully saturated rings. The molecule has 2 rings (SSSR count). The fraction of sp³-hybridized carbons (Fsp3) is 0.533. The number of benzene rings is 1. The second kappa shape index (κ2) is 7.99. The Morgan fingerprint density at radius 1 is 1.40 bits per heavy atom. The number of piperidine rings is 1. The van der Waals surface area contributed by atoms with Crippen LogP contribution < -0.4 is 10.6 Å². The molecule has 0 aliphatic carbocycles. The number of hydrogen-bond acceptors (Lipinski definition) is 5. The lowest BCUT2D eigenvalue weighted by molar-refractivity contribution is -0.143. The van der Waals surface area contributed by atoms with Gasteiger partial charge in [0.1, 0.15) is 6.61 Å². The molecule has 0 amide bonds. The van der Waals surface area contributed by atoms with Crippen LogP contribution in [0.1, 0.15) is 12.0 Å². The number of carbonyl (C=O) groups excluding carboxylic acids is 1. The van der Waals surface area contributed by atoms with E-state index in [1.54, 1.807) is 0 Å². The molecule has 1 aromatic rings. The summed E-state index contributed by atoms with van der Waals surface area (Å²) in [5, 5.41) is 16.0. The molecule has 0 aromatic heterocycles. The maximum atomic E-state index is 11.6. The van der Waals surface area contributed by atoms with E-state index in [2.05, 4.69) is 10.6 Å². The van der Waals surface area contributed by atoms with Gasteiger partial charge in [-0.2, -0.15) is 0 Å². The Morgan fingerprint density at radius 2 is 2.20 bits per heavy atom. The topological polar surface area (TPSA) is 70.6 Å². The fourth-order valence-electron chi connectivity index (χ4n) is 2.28. The van der Waals surface area contributed by atoms with Crippen molar-refractivity contribution in [3.63, 3.8) is 0 Å². The van der Waals surface area contributed by atoms with Crippen molar-refractivity contribution < 1.29 is 14.6 Å². The number of aliphatic hydroxyl groups is 1. The van der Waals surface area contributed by atoms with Gasteiger partial charge in [-0.05, 0) is 24.4 Å². The zero-order valence-electron chi connectivity index (χ0n) is 11.5. The smallest absolute Gasteiger partial charge is 0.320 e. The van der Waals surface area contributed by atoms with E-state index in [4.69, 9.17) is 4.74 Å². The van der Waals surface area contributed by atoms with Crippen LogP contribution in [0, 0.1) is 5.92 Å². The second-order valence-electron chi connectivity index (χ2n) is 5.10. The predicted molar refractivity (Wildman–Crippen MR) is 76.1 cm³/mol. The van der Waals surface area contributed by atoms with E-state index in [0.717, 1.165) is 18.5 Å². The molecule has 3 N–H and O–H groups in total. The maximum Gasteiger partial charge on any atom is 0.320 e. The third-order valence-corrected chi connectivity index (χ3v) is 3.51. The Hall–Kier alpha value is -1.43. The van der Waals surface area contributed by atoms with E-state index in [1.165, 1.54) is 0 Å². The first-order valence-corrected chi connectivity index (χ1v) is 7.05. The molecule has 1 heterocycles. The van der Waals surface area contributed by atoms with Crippen LogP contribution >= 0.6 is 0 Å². The van der Waals surface area contributed by atoms with Gasteiger partial charge in [-0.15, -0.1) is 0 Å². The first-order chi connectivity index (χ1) is 9.75. The standard InChI is InChI=1S/C15H22N2O3/c18-14-9-16-7-6-13(14)8-17-10-15(19)20-11-12-4-2-1-3-5-12/h1-5,13-14,16-18H,6-11H2/t13-,14+/m0/s1. The molecule has 1 aliphatic rings. The lowest BCUT2D eigenvalue weighted by Crippen LogP contribution is -2.45. The van der Waals surface area contributed by atoms with Gasteiger partial charge >= 0.3 is 5.97 Å². The molecule has 1 aromatic carbocycles. The SMILES string of the molecule is O=C(CNC[C@@H]1CCNC[C@H]1O)OCc1ccccc1. The zero-order chi connectivity index (χ0) is 14.2. The Balaban J connectivity index is 1.60. The largest absolute Gasteiger partial charge is 0.460 e. The molecule has 0 radical (unpaired) electrons. The summed E-state index contributed by atoms with van der Waals surface area (Å²) in [5.41, 5.74) is 0.981. The van der Waals surface area contributed by atoms with E-state index in [1.807, 2.05) is 30.3 Å². The van der Waals surface area contributed by atoms with Crippen LogP contribution in [-0.2, 0) is 16.1 Å². The minimum atomic E-state index is -0.336. The predicted octanol–water partition coefficient (Wildman–Crippen LogP) is 0.290. The van der Waals surface area contributed by atoms with Crippen LogP contribution in [0.5, 0.6) is 0 Å². The highest BCUT2D eigenvalue weighted by Gasteiger charge is 2.22. The van der Waals surface area contributed by atoms with Crippen LogP contribution in [0.25, 0.3) is 0 Å². The summed E-state index contributed by atoms with van der Waals surface area (Å²) in [6, 6.07) is 9.61. The van der Waals surface area contributed by atoms with Crippen molar-refractivity contribution in [2.75, 3.05) is 26.2 Å². The number of hydrogen-bond donors (Lipinski definition) is 3. The van der Waals surface area contributed by atoms with E-state index >= 15 is 0 Å². The Labute approximate surface area is 119 Å². The second-order valence-corrected chi connectivity index (χ2v) is 5.10. The minimum Gasteiger partial charge on any atom is -0.460 e. The van der Waals surface area contributed by atoms with E-state index < -0.39 is 0 Å². The van der Waals surface area contributed by atoms with Crippen molar-refractivity contribution >= 4 is 5.97 Å². The first-order valence-electron chi connectivity index (χ1n) is 7.05. The average molecular weight is 278 g/mol. The third kappa shape index (κ3) is 4.92. The number of nitrogens with one attached hydrogen (secondary N) is 2. The van der Waals surface area contributed by atoms with E-state index in [9.17, 15) is 9.90 Å². The van der Waals surface area contributed by atoms with Crippen molar-refractivity contribution in [2.24, 2.45) is 5.92 Å². The molecule has 0 unspecified atom stereocenters. The summed E-state index contributed by atoms with van der Waals surface area (Å²) >= 11 is 0. The zero-order valence-corrected chi connectivity index (χ0v) is 11.5. The number of carbonyl (C=O) groups is 1. The lowest BCUT2D eigenvalue weighted by atomic mass is 9.95. The molecule has 1 saturated heterocycles. The summed E-state index contributed by atoms with van der Waals surface area (Å²) in [6.07, 6.45) is 0.587. The summed E-state index contributed by atoms with van der Waals surface area (Å²) in [5.74, 6) is -0.0598. The van der Waals surface area contributed by atoms with Crippen LogP contribution in [0.2, 0.25) is 0 Å². The van der Waals surface area contributed by atoms with Crippen molar-refractivity contribution in [1.82, 2.24) is 10.6 Å². The summed E-state index contributed by atoms with van der Waals surface area (Å²) in [4.78, 5) is 11.6. The van der Waals surface area contributed by atoms with Crippen molar-refractivity contribution in [2.45, 2.75) is 19.1 Å². The van der Waals surface area contributed by atoms with E-state index in [0.29, 0.717) is 19.7 Å².